The molecule has 0 radical (unpaired) electrons. The number of aromatic nitrogens is 3. The summed E-state index contributed by atoms with van der Waals surface area (Å²) >= 11 is 0. The molecule has 0 unspecified atom stereocenters. The highest BCUT2D eigenvalue weighted by Crippen LogP contribution is 2.34. The predicted octanol–water partition coefficient (Wildman–Crippen LogP) is 6.71. The second-order valence-electron chi connectivity index (χ2n) is 7.27. The third-order valence-electron chi connectivity index (χ3n) is 5.06. The maximum atomic E-state index is 12.9. The fraction of sp³-hybridized carbons (Fsp3) is 0.261. The molecule has 1 fully saturated rings. The Bertz CT molecular complexity index is 1010. The molecule has 0 bridgehead atoms. The van der Waals surface area contributed by atoms with Gasteiger partial charge >= 0.3 is 6.18 Å². The molecule has 2 aromatic heterocycles. The van der Waals surface area contributed by atoms with Gasteiger partial charge in [-0.15, -0.1) is 0 Å². The van der Waals surface area contributed by atoms with Gasteiger partial charge in [-0.2, -0.15) is 13.2 Å². The van der Waals surface area contributed by atoms with Crippen LogP contribution >= 0.6 is 0 Å². The van der Waals surface area contributed by atoms with E-state index in [1.807, 2.05) is 30.3 Å². The van der Waals surface area contributed by atoms with Crippen LogP contribution in [0.3, 0.4) is 0 Å². The first-order chi connectivity index (χ1) is 14.5. The second-order valence-corrected chi connectivity index (χ2v) is 7.27. The lowest BCUT2D eigenvalue weighted by molar-refractivity contribution is -0.138. The Balaban J connectivity index is 1.73. The van der Waals surface area contributed by atoms with Gasteiger partial charge in [0.05, 0.1) is 17.4 Å². The van der Waals surface area contributed by atoms with Gasteiger partial charge < -0.3 is 0 Å². The van der Waals surface area contributed by atoms with E-state index in [4.69, 9.17) is 0 Å². The molecule has 0 spiro atoms. The van der Waals surface area contributed by atoms with Gasteiger partial charge in [-0.25, -0.2) is 9.97 Å². The summed E-state index contributed by atoms with van der Waals surface area (Å²) in [5.41, 5.74) is 3.02. The van der Waals surface area contributed by atoms with Gasteiger partial charge in [-0.1, -0.05) is 30.2 Å². The van der Waals surface area contributed by atoms with Gasteiger partial charge in [0.1, 0.15) is 0 Å². The highest BCUT2D eigenvalue weighted by atomic mass is 19.4. The third-order valence-corrected chi connectivity index (χ3v) is 5.06. The van der Waals surface area contributed by atoms with Crippen LogP contribution in [0.2, 0.25) is 0 Å². The summed E-state index contributed by atoms with van der Waals surface area (Å²) in [6.45, 7) is 0. The van der Waals surface area contributed by atoms with E-state index in [1.54, 1.807) is 23.4 Å². The molecule has 1 aliphatic carbocycles. The number of allylic oxidation sites excluding steroid dienone is 1. The molecule has 4 rings (SSSR count). The number of pyridine rings is 1. The number of anilines is 3. The van der Waals surface area contributed by atoms with Crippen LogP contribution < -0.4 is 4.90 Å². The number of rotatable bonds is 4. The van der Waals surface area contributed by atoms with Gasteiger partial charge in [-0.05, 0) is 55.5 Å². The summed E-state index contributed by atoms with van der Waals surface area (Å²) in [6.07, 6.45) is 8.53. The summed E-state index contributed by atoms with van der Waals surface area (Å²) in [4.78, 5) is 13.8. The van der Waals surface area contributed by atoms with Crippen molar-refractivity contribution in [2.75, 3.05) is 4.90 Å². The van der Waals surface area contributed by atoms with Crippen LogP contribution in [-0.4, -0.2) is 15.0 Å². The zero-order valence-electron chi connectivity index (χ0n) is 16.3. The first-order valence-corrected chi connectivity index (χ1v) is 9.89. The van der Waals surface area contributed by atoms with Crippen molar-refractivity contribution in [1.29, 1.82) is 0 Å². The number of halogens is 3. The molecule has 30 heavy (non-hydrogen) atoms. The van der Waals surface area contributed by atoms with Crippen LogP contribution in [0.15, 0.2) is 66.8 Å². The minimum Gasteiger partial charge on any atom is -0.278 e. The van der Waals surface area contributed by atoms with Crippen molar-refractivity contribution < 1.29 is 13.2 Å². The first-order valence-electron chi connectivity index (χ1n) is 9.89. The molecule has 0 saturated heterocycles. The average Bonchev–Trinajstić information content (AvgIpc) is 2.76. The van der Waals surface area contributed by atoms with Crippen LogP contribution in [0, 0.1) is 0 Å². The van der Waals surface area contributed by atoms with Crippen molar-refractivity contribution in [2.45, 2.75) is 38.3 Å². The van der Waals surface area contributed by atoms with Crippen molar-refractivity contribution >= 4 is 23.4 Å². The smallest absolute Gasteiger partial charge is 0.278 e. The van der Waals surface area contributed by atoms with Crippen molar-refractivity contribution in [2.24, 2.45) is 0 Å². The largest absolute Gasteiger partial charge is 0.419 e. The standard InChI is InChI=1S/C23H21F3N4/c24-23(25,26)19-14-28-22(29-15-19)30(21-10-5-11-27-16-21)20-9-4-8-18(13-20)12-17-6-2-1-3-7-17/h4-5,8-16H,1-3,6-7H2. The van der Waals surface area contributed by atoms with Crippen molar-refractivity contribution in [3.05, 3.63) is 77.9 Å². The fourth-order valence-corrected chi connectivity index (χ4v) is 3.59. The first kappa shape index (κ1) is 20.1. The predicted molar refractivity (Wildman–Crippen MR) is 111 cm³/mol. The number of hydrogen-bond acceptors (Lipinski definition) is 4. The Hall–Kier alpha value is -3.22. The molecule has 4 nitrogen and oxygen atoms in total. The van der Waals surface area contributed by atoms with Gasteiger partial charge in [-0.3, -0.25) is 9.88 Å². The second kappa shape index (κ2) is 8.65. The quantitative estimate of drug-likeness (QED) is 0.479. The number of benzene rings is 1. The Labute approximate surface area is 173 Å². The summed E-state index contributed by atoms with van der Waals surface area (Å²) in [7, 11) is 0. The zero-order chi connectivity index (χ0) is 21.0. The minimum absolute atomic E-state index is 0.151. The number of nitrogens with zero attached hydrogens (tertiary/aromatic N) is 4. The van der Waals surface area contributed by atoms with Crippen molar-refractivity contribution in [3.8, 4) is 0 Å². The normalized spacial score (nSPS) is 14.4. The molecule has 3 aromatic rings. The maximum Gasteiger partial charge on any atom is 0.419 e. The molecular formula is C23H21F3N4. The number of hydrogen-bond donors (Lipinski definition) is 0. The minimum atomic E-state index is -4.48. The Morgan fingerprint density at radius 3 is 2.27 bits per heavy atom. The molecule has 1 aromatic carbocycles. The lowest BCUT2D eigenvalue weighted by Gasteiger charge is -2.23. The van der Waals surface area contributed by atoms with Crippen LogP contribution in [0.1, 0.15) is 43.2 Å². The molecule has 1 aliphatic rings. The molecular weight excluding hydrogens is 389 g/mol. The van der Waals surface area contributed by atoms with Crippen LogP contribution in [0.4, 0.5) is 30.5 Å². The van der Waals surface area contributed by atoms with Crippen LogP contribution in [0.5, 0.6) is 0 Å². The van der Waals surface area contributed by atoms with E-state index in [1.165, 1.54) is 24.8 Å². The highest BCUT2D eigenvalue weighted by Gasteiger charge is 2.31. The summed E-state index contributed by atoms with van der Waals surface area (Å²) in [6, 6.07) is 11.4. The van der Waals surface area contributed by atoms with E-state index < -0.39 is 11.7 Å². The lowest BCUT2D eigenvalue weighted by Crippen LogP contribution is -2.15. The van der Waals surface area contributed by atoms with E-state index in [0.717, 1.165) is 36.5 Å². The average molecular weight is 410 g/mol. The van der Waals surface area contributed by atoms with Gasteiger partial charge in [0.25, 0.3) is 0 Å². The SMILES string of the molecule is FC(F)(F)c1cnc(N(c2cccnc2)c2cccc(C=C3CCCCC3)c2)nc1. The molecule has 0 atom stereocenters. The van der Waals surface area contributed by atoms with E-state index in [0.29, 0.717) is 5.69 Å². The Morgan fingerprint density at radius 1 is 0.867 bits per heavy atom. The Morgan fingerprint density at radius 2 is 1.60 bits per heavy atom. The zero-order valence-corrected chi connectivity index (χ0v) is 16.3. The maximum absolute atomic E-state index is 12.9. The van der Waals surface area contributed by atoms with Crippen LogP contribution in [0.25, 0.3) is 6.08 Å². The summed E-state index contributed by atoms with van der Waals surface area (Å²) < 4.78 is 38.8. The van der Waals surface area contributed by atoms with Crippen LogP contribution in [-0.2, 0) is 6.18 Å². The van der Waals surface area contributed by atoms with Crippen molar-refractivity contribution in [1.82, 2.24) is 15.0 Å². The molecule has 154 valence electrons. The lowest BCUT2D eigenvalue weighted by atomic mass is 9.93. The van der Waals surface area contributed by atoms with Gasteiger partial charge in [0.2, 0.25) is 5.95 Å². The van der Waals surface area contributed by atoms with E-state index in [-0.39, 0.29) is 5.95 Å². The van der Waals surface area contributed by atoms with E-state index >= 15 is 0 Å². The monoisotopic (exact) mass is 410 g/mol. The topological polar surface area (TPSA) is 41.9 Å². The van der Waals surface area contributed by atoms with E-state index in [9.17, 15) is 13.2 Å². The van der Waals surface area contributed by atoms with Crippen molar-refractivity contribution in [3.63, 3.8) is 0 Å². The molecule has 7 heteroatoms. The number of alkyl halides is 3. The molecule has 2 heterocycles. The van der Waals surface area contributed by atoms with Gasteiger partial charge in [0.15, 0.2) is 0 Å². The summed E-state index contributed by atoms with van der Waals surface area (Å²) in [5.74, 6) is 0.151. The summed E-state index contributed by atoms with van der Waals surface area (Å²) in [5, 5.41) is 0. The molecule has 0 aliphatic heterocycles. The van der Waals surface area contributed by atoms with E-state index in [2.05, 4.69) is 21.0 Å². The van der Waals surface area contributed by atoms with Gasteiger partial charge in [0, 0.05) is 24.3 Å². The Kier molecular flexibility index (Phi) is 5.79. The highest BCUT2D eigenvalue weighted by molar-refractivity contribution is 5.74. The molecule has 0 amide bonds. The fourth-order valence-electron chi connectivity index (χ4n) is 3.59. The molecule has 0 N–H and O–H groups in total. The molecule has 1 saturated carbocycles. The third kappa shape index (κ3) is 4.67.